The summed E-state index contributed by atoms with van der Waals surface area (Å²) in [5, 5.41) is 7.79. The van der Waals surface area contributed by atoms with E-state index in [1.807, 2.05) is 24.3 Å². The van der Waals surface area contributed by atoms with Gasteiger partial charge in [-0.25, -0.2) is 9.07 Å². The smallest absolute Gasteiger partial charge is 0.272 e. The van der Waals surface area contributed by atoms with E-state index in [1.54, 1.807) is 23.9 Å². The highest BCUT2D eigenvalue weighted by atomic mass is 19.1. The fourth-order valence-electron chi connectivity index (χ4n) is 4.86. The molecule has 1 aliphatic carbocycles. The standard InChI is InChI=1S/C26H29FN4O3/c1-33-21-11-5-18(6-12-21)24(30-13-15-34-16-14-30)17-28-26(32)25-22-3-2-4-23(22)31(29-25)20-9-7-19(27)8-10-20/h5-12,24H,2-4,13-17H2,1H3,(H,28,32). The van der Waals surface area contributed by atoms with E-state index in [0.717, 1.165) is 60.6 Å². The number of amides is 1. The average molecular weight is 465 g/mol. The van der Waals surface area contributed by atoms with Crippen LogP contribution in [0.1, 0.15) is 39.8 Å². The number of methoxy groups -OCH3 is 1. The minimum atomic E-state index is -0.293. The normalized spacial score (nSPS) is 16.8. The Morgan fingerprint density at radius 1 is 1.12 bits per heavy atom. The zero-order valence-corrected chi connectivity index (χ0v) is 19.3. The number of morpholine rings is 1. The Kier molecular flexibility index (Phi) is 6.60. The van der Waals surface area contributed by atoms with Crippen molar-refractivity contribution >= 4 is 5.91 Å². The number of ether oxygens (including phenoxy) is 2. The Bertz CT molecular complexity index is 1140. The van der Waals surface area contributed by atoms with Crippen LogP contribution in [0.4, 0.5) is 4.39 Å². The number of halogens is 1. The molecule has 0 radical (unpaired) electrons. The van der Waals surface area contributed by atoms with E-state index in [9.17, 15) is 9.18 Å². The number of carbonyl (C=O) groups excluding carboxylic acids is 1. The maximum Gasteiger partial charge on any atom is 0.272 e. The highest BCUT2D eigenvalue weighted by molar-refractivity contribution is 5.94. The van der Waals surface area contributed by atoms with Crippen LogP contribution in [-0.4, -0.2) is 60.5 Å². The molecule has 1 amide bonds. The third-order valence-corrected chi connectivity index (χ3v) is 6.66. The first-order valence-corrected chi connectivity index (χ1v) is 11.7. The predicted molar refractivity (Wildman–Crippen MR) is 126 cm³/mol. The predicted octanol–water partition coefficient (Wildman–Crippen LogP) is 3.31. The summed E-state index contributed by atoms with van der Waals surface area (Å²) in [6, 6.07) is 14.2. The van der Waals surface area contributed by atoms with Crippen LogP contribution >= 0.6 is 0 Å². The molecule has 1 atom stereocenters. The van der Waals surface area contributed by atoms with E-state index >= 15 is 0 Å². The van der Waals surface area contributed by atoms with E-state index in [4.69, 9.17) is 9.47 Å². The Labute approximate surface area is 198 Å². The zero-order valence-electron chi connectivity index (χ0n) is 19.3. The summed E-state index contributed by atoms with van der Waals surface area (Å²) in [5.74, 6) is 0.333. The second-order valence-corrected chi connectivity index (χ2v) is 8.66. The Hall–Kier alpha value is -3.23. The van der Waals surface area contributed by atoms with Gasteiger partial charge in [-0.15, -0.1) is 0 Å². The van der Waals surface area contributed by atoms with Crippen molar-refractivity contribution in [3.63, 3.8) is 0 Å². The molecule has 7 nitrogen and oxygen atoms in total. The summed E-state index contributed by atoms with van der Waals surface area (Å²) in [6.45, 7) is 3.43. The van der Waals surface area contributed by atoms with Gasteiger partial charge in [0.05, 0.1) is 32.1 Å². The lowest BCUT2D eigenvalue weighted by Gasteiger charge is -2.35. The number of fused-ring (bicyclic) bond motifs is 1. The molecule has 1 fully saturated rings. The van der Waals surface area contributed by atoms with Gasteiger partial charge < -0.3 is 14.8 Å². The molecule has 178 valence electrons. The van der Waals surface area contributed by atoms with Crippen molar-refractivity contribution < 1.29 is 18.7 Å². The molecule has 1 aliphatic heterocycles. The molecule has 1 saturated heterocycles. The fourth-order valence-corrected chi connectivity index (χ4v) is 4.86. The molecule has 34 heavy (non-hydrogen) atoms. The van der Waals surface area contributed by atoms with Crippen LogP contribution in [0.5, 0.6) is 5.75 Å². The topological polar surface area (TPSA) is 68.6 Å². The molecule has 0 spiro atoms. The number of hydrogen-bond donors (Lipinski definition) is 1. The van der Waals surface area contributed by atoms with Gasteiger partial charge in [0.15, 0.2) is 5.69 Å². The molecule has 1 unspecified atom stereocenters. The Morgan fingerprint density at radius 3 is 2.56 bits per heavy atom. The summed E-state index contributed by atoms with van der Waals surface area (Å²) < 4.78 is 26.0. The van der Waals surface area contributed by atoms with Crippen LogP contribution in [0.15, 0.2) is 48.5 Å². The summed E-state index contributed by atoms with van der Waals surface area (Å²) >= 11 is 0. The number of aromatic nitrogens is 2. The minimum absolute atomic E-state index is 0.0194. The molecular weight excluding hydrogens is 435 g/mol. The van der Waals surface area contributed by atoms with Crippen LogP contribution in [0.3, 0.4) is 0 Å². The second-order valence-electron chi connectivity index (χ2n) is 8.66. The number of benzene rings is 2. The lowest BCUT2D eigenvalue weighted by molar-refractivity contribution is 0.0162. The van der Waals surface area contributed by atoms with Gasteiger partial charge in [0.1, 0.15) is 11.6 Å². The molecule has 2 heterocycles. The maximum atomic E-state index is 13.4. The van der Waals surface area contributed by atoms with Crippen molar-refractivity contribution in [3.8, 4) is 11.4 Å². The minimum Gasteiger partial charge on any atom is -0.497 e. The van der Waals surface area contributed by atoms with E-state index in [1.165, 1.54) is 12.1 Å². The van der Waals surface area contributed by atoms with Crippen molar-refractivity contribution in [2.75, 3.05) is 40.0 Å². The molecule has 0 bridgehead atoms. The average Bonchev–Trinajstić information content (AvgIpc) is 3.49. The molecule has 2 aliphatic rings. The molecule has 0 saturated carbocycles. The van der Waals surface area contributed by atoms with Crippen molar-refractivity contribution in [2.24, 2.45) is 0 Å². The largest absolute Gasteiger partial charge is 0.497 e. The summed E-state index contributed by atoms with van der Waals surface area (Å²) in [7, 11) is 1.65. The first-order chi connectivity index (χ1) is 16.6. The van der Waals surface area contributed by atoms with E-state index in [0.29, 0.717) is 25.5 Å². The Balaban J connectivity index is 1.37. The van der Waals surface area contributed by atoms with Crippen molar-refractivity contribution in [3.05, 3.63) is 76.9 Å². The van der Waals surface area contributed by atoms with Gasteiger partial charge in [-0.2, -0.15) is 5.10 Å². The van der Waals surface area contributed by atoms with Crippen molar-refractivity contribution in [1.82, 2.24) is 20.0 Å². The van der Waals surface area contributed by atoms with Gasteiger partial charge in [-0.3, -0.25) is 9.69 Å². The van der Waals surface area contributed by atoms with Crippen LogP contribution in [-0.2, 0) is 17.6 Å². The molecule has 1 N–H and O–H groups in total. The molecular formula is C26H29FN4O3. The summed E-state index contributed by atoms with van der Waals surface area (Å²) in [6.07, 6.45) is 2.66. The number of hydrogen-bond acceptors (Lipinski definition) is 5. The fraction of sp³-hybridized carbons (Fsp3) is 0.385. The zero-order chi connectivity index (χ0) is 23.5. The number of nitrogens with one attached hydrogen (secondary N) is 1. The molecule has 2 aromatic carbocycles. The SMILES string of the molecule is COc1ccc(C(CNC(=O)c2nn(-c3ccc(F)cc3)c3c2CCC3)N2CCOCC2)cc1. The molecule has 5 rings (SSSR count). The first kappa shape index (κ1) is 22.6. The van der Waals surface area contributed by atoms with Gasteiger partial charge in [0.25, 0.3) is 5.91 Å². The van der Waals surface area contributed by atoms with E-state index in [-0.39, 0.29) is 17.8 Å². The summed E-state index contributed by atoms with van der Waals surface area (Å²) in [4.78, 5) is 15.7. The lowest BCUT2D eigenvalue weighted by atomic mass is 10.0. The van der Waals surface area contributed by atoms with Crippen LogP contribution in [0, 0.1) is 5.82 Å². The van der Waals surface area contributed by atoms with Gasteiger partial charge in [0, 0.05) is 30.9 Å². The lowest BCUT2D eigenvalue weighted by Crippen LogP contribution is -2.44. The molecule has 3 aromatic rings. The monoisotopic (exact) mass is 464 g/mol. The summed E-state index contributed by atoms with van der Waals surface area (Å²) in [5.41, 5.74) is 4.38. The second kappa shape index (κ2) is 9.95. The molecule has 1 aromatic heterocycles. The van der Waals surface area contributed by atoms with Gasteiger partial charge >= 0.3 is 0 Å². The number of rotatable bonds is 7. The van der Waals surface area contributed by atoms with Crippen LogP contribution in [0.25, 0.3) is 5.69 Å². The maximum absolute atomic E-state index is 13.4. The van der Waals surface area contributed by atoms with Gasteiger partial charge in [-0.05, 0) is 61.2 Å². The van der Waals surface area contributed by atoms with Crippen molar-refractivity contribution in [2.45, 2.75) is 25.3 Å². The quantitative estimate of drug-likeness (QED) is 0.581. The van der Waals surface area contributed by atoms with E-state index < -0.39 is 0 Å². The first-order valence-electron chi connectivity index (χ1n) is 11.7. The van der Waals surface area contributed by atoms with Crippen molar-refractivity contribution in [1.29, 1.82) is 0 Å². The third kappa shape index (κ3) is 4.56. The Morgan fingerprint density at radius 2 is 1.85 bits per heavy atom. The third-order valence-electron chi connectivity index (χ3n) is 6.66. The van der Waals surface area contributed by atoms with Gasteiger partial charge in [-0.1, -0.05) is 12.1 Å². The highest BCUT2D eigenvalue weighted by Gasteiger charge is 2.29. The van der Waals surface area contributed by atoms with Crippen LogP contribution < -0.4 is 10.1 Å². The molecule has 8 heteroatoms. The van der Waals surface area contributed by atoms with Gasteiger partial charge in [0.2, 0.25) is 0 Å². The number of carbonyl (C=O) groups is 1. The number of nitrogens with zero attached hydrogens (tertiary/aromatic N) is 3. The highest BCUT2D eigenvalue weighted by Crippen LogP contribution is 2.28. The van der Waals surface area contributed by atoms with Crippen LogP contribution in [0.2, 0.25) is 0 Å². The van der Waals surface area contributed by atoms with E-state index in [2.05, 4.69) is 15.3 Å².